The van der Waals surface area contributed by atoms with E-state index in [4.69, 9.17) is 28.3 Å². The summed E-state index contributed by atoms with van der Waals surface area (Å²) in [4.78, 5) is 24.2. The van der Waals surface area contributed by atoms with E-state index in [-0.39, 0.29) is 13.0 Å². The Bertz CT molecular complexity index is 532. The molecule has 108 valence electrons. The second-order valence-electron chi connectivity index (χ2n) is 4.48. The maximum absolute atomic E-state index is 12.1. The number of nitrogens with zero attached hydrogens (tertiary/aromatic N) is 1. The molecule has 1 saturated heterocycles. The Kier molecular flexibility index (Phi) is 4.37. The van der Waals surface area contributed by atoms with Crippen LogP contribution < -0.4 is 5.32 Å². The number of rotatable bonds is 2. The lowest BCUT2D eigenvalue weighted by molar-refractivity contribution is -0.141. The number of halogens is 2. The minimum Gasteiger partial charge on any atom is -0.480 e. The zero-order valence-corrected chi connectivity index (χ0v) is 11.7. The molecule has 0 unspecified atom stereocenters. The standard InChI is InChI=1S/C12H12Cl2N2O4/c13-6-1-7(14)3-8(2-6)15-12(20)16-5-9(17)4-10(16)11(18)19/h1-3,9-10,17H,4-5H2,(H,15,20)(H,18,19)/t9-,10-/m1/s1. The molecule has 0 saturated carbocycles. The topological polar surface area (TPSA) is 89.9 Å². The van der Waals surface area contributed by atoms with E-state index in [2.05, 4.69) is 5.32 Å². The van der Waals surface area contributed by atoms with E-state index < -0.39 is 24.1 Å². The molecular weight excluding hydrogens is 307 g/mol. The van der Waals surface area contributed by atoms with Gasteiger partial charge in [0.1, 0.15) is 6.04 Å². The molecule has 1 heterocycles. The number of carboxylic acid groups (broad SMARTS) is 1. The number of β-amino-alcohol motifs (C(OH)–C–C–N with tert-alkyl or cyclic N) is 1. The molecule has 1 aromatic carbocycles. The lowest BCUT2D eigenvalue weighted by atomic mass is 10.2. The molecule has 0 aromatic heterocycles. The average Bonchev–Trinajstić information content (AvgIpc) is 2.70. The van der Waals surface area contributed by atoms with Crippen molar-refractivity contribution >= 4 is 40.9 Å². The predicted octanol–water partition coefficient (Wildman–Crippen LogP) is 2.05. The number of amides is 2. The van der Waals surface area contributed by atoms with Gasteiger partial charge in [-0.05, 0) is 18.2 Å². The van der Waals surface area contributed by atoms with Gasteiger partial charge in [-0.25, -0.2) is 9.59 Å². The van der Waals surface area contributed by atoms with E-state index >= 15 is 0 Å². The largest absolute Gasteiger partial charge is 0.480 e. The van der Waals surface area contributed by atoms with Crippen LogP contribution in [0.2, 0.25) is 10.0 Å². The number of hydrogen-bond acceptors (Lipinski definition) is 3. The zero-order chi connectivity index (χ0) is 14.9. The van der Waals surface area contributed by atoms with Crippen LogP contribution in [0, 0.1) is 0 Å². The van der Waals surface area contributed by atoms with Gasteiger partial charge in [0.25, 0.3) is 0 Å². The third-order valence-electron chi connectivity index (χ3n) is 2.94. The van der Waals surface area contributed by atoms with E-state index in [1.165, 1.54) is 18.2 Å². The number of nitrogens with one attached hydrogen (secondary N) is 1. The SMILES string of the molecule is O=C(O)[C@H]1C[C@@H](O)CN1C(=O)Nc1cc(Cl)cc(Cl)c1. The molecule has 0 spiro atoms. The first kappa shape index (κ1) is 14.9. The highest BCUT2D eigenvalue weighted by Gasteiger charge is 2.39. The molecule has 2 rings (SSSR count). The molecule has 3 N–H and O–H groups in total. The molecule has 1 aromatic rings. The Morgan fingerprint density at radius 3 is 2.40 bits per heavy atom. The fourth-order valence-electron chi connectivity index (χ4n) is 2.09. The van der Waals surface area contributed by atoms with Gasteiger partial charge < -0.3 is 20.4 Å². The molecule has 2 amide bonds. The van der Waals surface area contributed by atoms with Gasteiger partial charge in [0, 0.05) is 28.7 Å². The molecule has 1 aliphatic heterocycles. The Morgan fingerprint density at radius 1 is 1.25 bits per heavy atom. The van der Waals surface area contributed by atoms with Gasteiger partial charge in [-0.3, -0.25) is 0 Å². The number of anilines is 1. The molecule has 0 bridgehead atoms. The van der Waals surface area contributed by atoms with Crippen molar-refractivity contribution in [3.8, 4) is 0 Å². The molecular formula is C12H12Cl2N2O4. The fourth-order valence-corrected chi connectivity index (χ4v) is 2.62. The number of carboxylic acids is 1. The third kappa shape index (κ3) is 3.33. The van der Waals surface area contributed by atoms with Gasteiger partial charge in [-0.15, -0.1) is 0 Å². The molecule has 20 heavy (non-hydrogen) atoms. The summed E-state index contributed by atoms with van der Waals surface area (Å²) in [6.45, 7) is -0.0307. The molecule has 1 aliphatic rings. The Hall–Kier alpha value is -1.50. The number of aliphatic hydroxyl groups excluding tert-OH is 1. The monoisotopic (exact) mass is 318 g/mol. The summed E-state index contributed by atoms with van der Waals surface area (Å²) >= 11 is 11.6. The van der Waals surface area contributed by atoms with Gasteiger partial charge in [-0.1, -0.05) is 23.2 Å². The quantitative estimate of drug-likeness (QED) is 0.778. The van der Waals surface area contributed by atoms with E-state index in [1.807, 2.05) is 0 Å². The molecule has 0 radical (unpaired) electrons. The smallest absolute Gasteiger partial charge is 0.326 e. The highest BCUT2D eigenvalue weighted by Crippen LogP contribution is 2.24. The van der Waals surface area contributed by atoms with Crippen LogP contribution in [0.25, 0.3) is 0 Å². The molecule has 0 aliphatic carbocycles. The highest BCUT2D eigenvalue weighted by molar-refractivity contribution is 6.35. The number of hydrogen-bond donors (Lipinski definition) is 3. The number of aliphatic hydroxyl groups is 1. The van der Waals surface area contributed by atoms with Crippen molar-refractivity contribution in [3.05, 3.63) is 28.2 Å². The molecule has 1 fully saturated rings. The van der Waals surface area contributed by atoms with E-state index in [0.717, 1.165) is 4.90 Å². The summed E-state index contributed by atoms with van der Waals surface area (Å²) in [6, 6.07) is 2.84. The number of carbonyl (C=O) groups excluding carboxylic acids is 1. The summed E-state index contributed by atoms with van der Waals surface area (Å²) in [5, 5.41) is 21.7. The number of carbonyl (C=O) groups is 2. The predicted molar refractivity (Wildman–Crippen MR) is 74.2 cm³/mol. The third-order valence-corrected chi connectivity index (χ3v) is 3.38. The molecule has 8 heteroatoms. The van der Waals surface area contributed by atoms with Crippen LogP contribution in [0.1, 0.15) is 6.42 Å². The molecule has 2 atom stereocenters. The van der Waals surface area contributed by atoms with Crippen molar-refractivity contribution in [2.24, 2.45) is 0 Å². The maximum atomic E-state index is 12.1. The van der Waals surface area contributed by atoms with Crippen molar-refractivity contribution < 1.29 is 19.8 Å². The Balaban J connectivity index is 2.13. The second-order valence-corrected chi connectivity index (χ2v) is 5.36. The minimum atomic E-state index is -1.15. The van der Waals surface area contributed by atoms with Crippen LogP contribution in [-0.4, -0.2) is 45.8 Å². The first-order valence-corrected chi connectivity index (χ1v) is 6.57. The normalized spacial score (nSPS) is 21.9. The highest BCUT2D eigenvalue weighted by atomic mass is 35.5. The summed E-state index contributed by atoms with van der Waals surface area (Å²) in [5.41, 5.74) is 0.359. The van der Waals surface area contributed by atoms with Crippen molar-refractivity contribution in [1.29, 1.82) is 0 Å². The summed E-state index contributed by atoms with van der Waals surface area (Å²) in [6.07, 6.45) is -0.830. The maximum Gasteiger partial charge on any atom is 0.326 e. The summed E-state index contributed by atoms with van der Waals surface area (Å²) in [7, 11) is 0. The first-order chi connectivity index (χ1) is 9.36. The lowest BCUT2D eigenvalue weighted by Gasteiger charge is -2.21. The van der Waals surface area contributed by atoms with Crippen LogP contribution in [-0.2, 0) is 4.79 Å². The number of likely N-dealkylation sites (tertiary alicyclic amines) is 1. The van der Waals surface area contributed by atoms with Gasteiger partial charge in [0.2, 0.25) is 0 Å². The summed E-state index contributed by atoms with van der Waals surface area (Å²) < 4.78 is 0. The van der Waals surface area contributed by atoms with Crippen molar-refractivity contribution in [1.82, 2.24) is 4.90 Å². The van der Waals surface area contributed by atoms with Crippen LogP contribution in [0.3, 0.4) is 0 Å². The Labute approximate surface area is 124 Å². The average molecular weight is 319 g/mol. The minimum absolute atomic E-state index is 0.0130. The number of benzene rings is 1. The van der Waals surface area contributed by atoms with Crippen LogP contribution in [0.5, 0.6) is 0 Å². The fraction of sp³-hybridized carbons (Fsp3) is 0.333. The van der Waals surface area contributed by atoms with Crippen LogP contribution in [0.4, 0.5) is 10.5 Å². The van der Waals surface area contributed by atoms with E-state index in [0.29, 0.717) is 15.7 Å². The molecule has 6 nitrogen and oxygen atoms in total. The van der Waals surface area contributed by atoms with Crippen LogP contribution in [0.15, 0.2) is 18.2 Å². The number of urea groups is 1. The van der Waals surface area contributed by atoms with Gasteiger partial charge in [0.15, 0.2) is 0 Å². The van der Waals surface area contributed by atoms with Crippen molar-refractivity contribution in [2.75, 3.05) is 11.9 Å². The van der Waals surface area contributed by atoms with Gasteiger partial charge in [-0.2, -0.15) is 0 Å². The van der Waals surface area contributed by atoms with Crippen LogP contribution >= 0.6 is 23.2 Å². The van der Waals surface area contributed by atoms with E-state index in [1.54, 1.807) is 0 Å². The Morgan fingerprint density at radius 2 is 1.85 bits per heavy atom. The number of aliphatic carboxylic acids is 1. The lowest BCUT2D eigenvalue weighted by Crippen LogP contribution is -2.43. The first-order valence-electron chi connectivity index (χ1n) is 5.81. The second kappa shape index (κ2) is 5.87. The summed E-state index contributed by atoms with van der Waals surface area (Å²) in [5.74, 6) is -1.15. The van der Waals surface area contributed by atoms with Crippen molar-refractivity contribution in [2.45, 2.75) is 18.6 Å². The van der Waals surface area contributed by atoms with Gasteiger partial charge >= 0.3 is 12.0 Å². The zero-order valence-electron chi connectivity index (χ0n) is 10.2. The van der Waals surface area contributed by atoms with Gasteiger partial charge in [0.05, 0.1) is 6.10 Å². The van der Waals surface area contributed by atoms with E-state index in [9.17, 15) is 14.7 Å². The van der Waals surface area contributed by atoms with Crippen molar-refractivity contribution in [3.63, 3.8) is 0 Å².